The van der Waals surface area contributed by atoms with E-state index in [1.807, 2.05) is 19.9 Å². The molecule has 2 spiro atoms. The Labute approximate surface area is 190 Å². The lowest BCUT2D eigenvalue weighted by Crippen LogP contribution is -2.55. The standard InChI is InChI=1S/C29H44O2/c1-18(2)15-21(30)16-19(3)22-9-11-27(6)25-8-7-23-20(4)24(31)10-12-28(23)17-29(25,28)14-13-26(22,27)5/h15,19-20,22-23,25H,7-14,16-17H2,1-6H3. The number of fused-ring (bicyclic) bond motifs is 2. The van der Waals surface area contributed by atoms with Gasteiger partial charge in [0.2, 0.25) is 0 Å². The molecule has 9 unspecified atom stereocenters. The second kappa shape index (κ2) is 6.80. The van der Waals surface area contributed by atoms with Gasteiger partial charge in [-0.3, -0.25) is 9.59 Å². The first-order valence-electron chi connectivity index (χ1n) is 13.2. The zero-order valence-electron chi connectivity index (χ0n) is 20.9. The third kappa shape index (κ3) is 2.69. The van der Waals surface area contributed by atoms with E-state index in [4.69, 9.17) is 0 Å². The fourth-order valence-corrected chi connectivity index (χ4v) is 10.6. The van der Waals surface area contributed by atoms with Crippen molar-refractivity contribution in [2.24, 2.45) is 51.2 Å². The fraction of sp³-hybridized carbons (Fsp3) is 0.862. The molecular formula is C29H44O2. The Morgan fingerprint density at radius 1 is 1.03 bits per heavy atom. The maximum absolute atomic E-state index is 12.6. The molecular weight excluding hydrogens is 380 g/mol. The average Bonchev–Trinajstić information content (AvgIpc) is 3.27. The van der Waals surface area contributed by atoms with Gasteiger partial charge in [0.25, 0.3) is 0 Å². The summed E-state index contributed by atoms with van der Waals surface area (Å²) in [5.41, 5.74) is 2.92. The molecule has 0 aromatic rings. The van der Waals surface area contributed by atoms with Crippen LogP contribution in [0.25, 0.3) is 0 Å². The summed E-state index contributed by atoms with van der Waals surface area (Å²) in [6.45, 7) is 13.9. The first-order valence-corrected chi connectivity index (χ1v) is 13.2. The van der Waals surface area contributed by atoms with Gasteiger partial charge in [0.15, 0.2) is 5.78 Å². The van der Waals surface area contributed by atoms with E-state index in [-0.39, 0.29) is 0 Å². The van der Waals surface area contributed by atoms with Crippen LogP contribution in [0, 0.1) is 51.2 Å². The summed E-state index contributed by atoms with van der Waals surface area (Å²) in [5, 5.41) is 0. The quantitative estimate of drug-likeness (QED) is 0.448. The van der Waals surface area contributed by atoms with E-state index in [2.05, 4.69) is 27.7 Å². The fourth-order valence-electron chi connectivity index (χ4n) is 10.6. The minimum atomic E-state index is 0.299. The van der Waals surface area contributed by atoms with Crippen LogP contribution >= 0.6 is 0 Å². The van der Waals surface area contributed by atoms with Crippen LogP contribution in [0.2, 0.25) is 0 Å². The maximum atomic E-state index is 12.6. The first kappa shape index (κ1) is 21.9. The van der Waals surface area contributed by atoms with Gasteiger partial charge in [0.1, 0.15) is 5.78 Å². The predicted octanol–water partition coefficient (Wildman–Crippen LogP) is 7.17. The normalized spacial score (nSPS) is 51.1. The zero-order valence-corrected chi connectivity index (χ0v) is 20.9. The van der Waals surface area contributed by atoms with E-state index in [9.17, 15) is 9.59 Å². The number of hydrogen-bond acceptors (Lipinski definition) is 2. The molecule has 5 rings (SSSR count). The Morgan fingerprint density at radius 3 is 2.48 bits per heavy atom. The second-order valence-electron chi connectivity index (χ2n) is 13.3. The lowest BCUT2D eigenvalue weighted by atomic mass is 9.43. The second-order valence-corrected chi connectivity index (χ2v) is 13.3. The van der Waals surface area contributed by atoms with Crippen LogP contribution in [-0.2, 0) is 9.59 Å². The van der Waals surface area contributed by atoms with Crippen molar-refractivity contribution in [3.05, 3.63) is 11.6 Å². The first-order chi connectivity index (χ1) is 14.5. The van der Waals surface area contributed by atoms with Crippen molar-refractivity contribution in [2.45, 2.75) is 106 Å². The summed E-state index contributed by atoms with van der Waals surface area (Å²) in [6.07, 6.45) is 14.0. The lowest BCUT2D eigenvalue weighted by molar-refractivity contribution is -0.146. The van der Waals surface area contributed by atoms with Gasteiger partial charge in [-0.1, -0.05) is 33.3 Å². The van der Waals surface area contributed by atoms with E-state index in [1.54, 1.807) is 0 Å². The highest BCUT2D eigenvalue weighted by Gasteiger charge is 2.81. The van der Waals surface area contributed by atoms with E-state index >= 15 is 0 Å². The highest BCUT2D eigenvalue weighted by Crippen LogP contribution is 2.88. The highest BCUT2D eigenvalue weighted by atomic mass is 16.1. The highest BCUT2D eigenvalue weighted by molar-refractivity contribution is 5.90. The van der Waals surface area contributed by atoms with Gasteiger partial charge in [-0.15, -0.1) is 0 Å². The van der Waals surface area contributed by atoms with Crippen molar-refractivity contribution in [1.82, 2.24) is 0 Å². The number of hydrogen-bond donors (Lipinski definition) is 0. The molecule has 5 saturated carbocycles. The van der Waals surface area contributed by atoms with Crippen LogP contribution in [-0.4, -0.2) is 11.6 Å². The third-order valence-electron chi connectivity index (χ3n) is 12.2. The minimum Gasteiger partial charge on any atom is -0.299 e. The van der Waals surface area contributed by atoms with E-state index in [0.29, 0.717) is 63.3 Å². The minimum absolute atomic E-state index is 0.299. The van der Waals surface area contributed by atoms with Gasteiger partial charge < -0.3 is 0 Å². The maximum Gasteiger partial charge on any atom is 0.155 e. The monoisotopic (exact) mass is 424 g/mol. The number of carbonyl (C=O) groups is 2. The number of Topliss-reactive ketones (excluding diaryl/α,β-unsaturated/α-hetero) is 1. The van der Waals surface area contributed by atoms with E-state index in [0.717, 1.165) is 17.9 Å². The van der Waals surface area contributed by atoms with Gasteiger partial charge in [-0.05, 0) is 117 Å². The smallest absolute Gasteiger partial charge is 0.155 e. The molecule has 31 heavy (non-hydrogen) atoms. The molecule has 172 valence electrons. The topological polar surface area (TPSA) is 34.1 Å². The number of allylic oxidation sites excluding steroid dienone is 2. The molecule has 0 N–H and O–H groups in total. The summed E-state index contributed by atoms with van der Waals surface area (Å²) >= 11 is 0. The summed E-state index contributed by atoms with van der Waals surface area (Å²) in [6, 6.07) is 0. The van der Waals surface area contributed by atoms with Crippen LogP contribution in [0.5, 0.6) is 0 Å². The predicted molar refractivity (Wildman–Crippen MR) is 125 cm³/mol. The summed E-state index contributed by atoms with van der Waals surface area (Å²) in [4.78, 5) is 25.1. The molecule has 9 atom stereocenters. The molecule has 0 aromatic carbocycles. The molecule has 0 bridgehead atoms. The van der Waals surface area contributed by atoms with Crippen molar-refractivity contribution < 1.29 is 9.59 Å². The Balaban J connectivity index is 1.41. The molecule has 0 heterocycles. The number of ketones is 2. The van der Waals surface area contributed by atoms with Crippen molar-refractivity contribution >= 4 is 11.6 Å². The van der Waals surface area contributed by atoms with Gasteiger partial charge in [0.05, 0.1) is 0 Å². The molecule has 5 aliphatic carbocycles. The number of carbonyl (C=O) groups excluding carboxylic acids is 2. The molecule has 0 amide bonds. The molecule has 2 heteroatoms. The van der Waals surface area contributed by atoms with Crippen molar-refractivity contribution in [2.75, 3.05) is 0 Å². The van der Waals surface area contributed by atoms with E-state index in [1.165, 1.54) is 51.4 Å². The van der Waals surface area contributed by atoms with Gasteiger partial charge in [0, 0.05) is 18.8 Å². The summed E-state index contributed by atoms with van der Waals surface area (Å²) in [5.74, 6) is 3.80. The molecule has 2 nitrogen and oxygen atoms in total. The van der Waals surface area contributed by atoms with Crippen LogP contribution < -0.4 is 0 Å². The zero-order chi connectivity index (χ0) is 22.4. The van der Waals surface area contributed by atoms with Crippen molar-refractivity contribution in [3.8, 4) is 0 Å². The van der Waals surface area contributed by atoms with Gasteiger partial charge in [-0.2, -0.15) is 0 Å². The molecule has 5 fully saturated rings. The molecule has 0 saturated heterocycles. The Morgan fingerprint density at radius 2 is 1.77 bits per heavy atom. The van der Waals surface area contributed by atoms with Crippen LogP contribution in [0.4, 0.5) is 0 Å². The molecule has 0 aliphatic heterocycles. The number of rotatable bonds is 4. The van der Waals surface area contributed by atoms with E-state index < -0.39 is 0 Å². The van der Waals surface area contributed by atoms with Gasteiger partial charge in [-0.25, -0.2) is 0 Å². The van der Waals surface area contributed by atoms with Crippen LogP contribution in [0.15, 0.2) is 11.6 Å². The van der Waals surface area contributed by atoms with Crippen molar-refractivity contribution in [1.29, 1.82) is 0 Å². The molecule has 0 radical (unpaired) electrons. The van der Waals surface area contributed by atoms with Gasteiger partial charge >= 0.3 is 0 Å². The van der Waals surface area contributed by atoms with Crippen LogP contribution in [0.3, 0.4) is 0 Å². The average molecular weight is 425 g/mol. The SMILES string of the molecule is CC(C)=CC(=O)CC(C)C1CCC2(C)C3CCC4C(C)C(=O)CCC45CC35CCC12C. The Bertz CT molecular complexity index is 836. The molecule has 5 aliphatic rings. The third-order valence-corrected chi connectivity index (χ3v) is 12.2. The Kier molecular flexibility index (Phi) is 4.80. The largest absolute Gasteiger partial charge is 0.299 e. The Hall–Kier alpha value is -0.920. The summed E-state index contributed by atoms with van der Waals surface area (Å²) < 4.78 is 0. The van der Waals surface area contributed by atoms with Crippen LogP contribution in [0.1, 0.15) is 106 Å². The van der Waals surface area contributed by atoms with Crippen molar-refractivity contribution in [3.63, 3.8) is 0 Å². The molecule has 0 aromatic heterocycles. The lowest BCUT2D eigenvalue weighted by Gasteiger charge is -2.61. The summed E-state index contributed by atoms with van der Waals surface area (Å²) in [7, 11) is 0.